The first-order chi connectivity index (χ1) is 13.8. The van der Waals surface area contributed by atoms with Gasteiger partial charge in [-0.25, -0.2) is 4.79 Å². The van der Waals surface area contributed by atoms with Gasteiger partial charge < -0.3 is 19.3 Å². The highest BCUT2D eigenvalue weighted by Crippen LogP contribution is 2.37. The van der Waals surface area contributed by atoms with Crippen molar-refractivity contribution in [2.24, 2.45) is 0 Å². The largest absolute Gasteiger partial charge is 0.496 e. The van der Waals surface area contributed by atoms with E-state index in [2.05, 4.69) is 4.90 Å². The topological polar surface area (TPSA) is 59.1 Å². The van der Waals surface area contributed by atoms with Crippen LogP contribution in [0.2, 0.25) is 0 Å². The number of anilines is 1. The molecular weight excluding hydrogens is 368 g/mol. The molecule has 1 aliphatic heterocycles. The Morgan fingerprint density at radius 2 is 1.69 bits per heavy atom. The molecule has 0 aliphatic carbocycles. The zero-order chi connectivity index (χ0) is 21.0. The number of methoxy groups -OCH3 is 1. The van der Waals surface area contributed by atoms with E-state index in [1.165, 1.54) is 0 Å². The lowest BCUT2D eigenvalue weighted by Gasteiger charge is -2.37. The van der Waals surface area contributed by atoms with Gasteiger partial charge in [0.15, 0.2) is 0 Å². The molecule has 1 amide bonds. The van der Waals surface area contributed by atoms with Crippen molar-refractivity contribution in [3.63, 3.8) is 0 Å². The van der Waals surface area contributed by atoms with Gasteiger partial charge in [-0.3, -0.25) is 4.79 Å². The van der Waals surface area contributed by atoms with E-state index >= 15 is 0 Å². The molecule has 29 heavy (non-hydrogen) atoms. The lowest BCUT2D eigenvalue weighted by atomic mass is 9.99. The zero-order valence-electron chi connectivity index (χ0n) is 17.5. The number of piperazine rings is 1. The normalized spacial score (nSPS) is 14.5. The first-order valence-electron chi connectivity index (χ1n) is 9.78. The van der Waals surface area contributed by atoms with Crippen molar-refractivity contribution in [2.45, 2.75) is 26.4 Å². The van der Waals surface area contributed by atoms with Crippen LogP contribution in [0.25, 0.3) is 11.1 Å². The van der Waals surface area contributed by atoms with Crippen LogP contribution in [0.1, 0.15) is 31.1 Å². The molecule has 1 heterocycles. The Labute approximate surface area is 172 Å². The van der Waals surface area contributed by atoms with Gasteiger partial charge in [0.25, 0.3) is 0 Å². The van der Waals surface area contributed by atoms with Crippen molar-refractivity contribution in [3.05, 3.63) is 48.0 Å². The van der Waals surface area contributed by atoms with E-state index in [-0.39, 0.29) is 6.09 Å². The fraction of sp³-hybridized carbons (Fsp3) is 0.391. The summed E-state index contributed by atoms with van der Waals surface area (Å²) in [6, 6.07) is 13.5. The van der Waals surface area contributed by atoms with Gasteiger partial charge in [0.1, 0.15) is 17.6 Å². The molecule has 6 heteroatoms. The smallest absolute Gasteiger partial charge is 0.410 e. The predicted molar refractivity (Wildman–Crippen MR) is 114 cm³/mol. The van der Waals surface area contributed by atoms with E-state index < -0.39 is 5.60 Å². The van der Waals surface area contributed by atoms with Crippen LogP contribution in [0.5, 0.6) is 5.75 Å². The predicted octanol–water partition coefficient (Wildman–Crippen LogP) is 4.23. The lowest BCUT2D eigenvalue weighted by molar-refractivity contribution is 0.0240. The Bertz CT molecular complexity index is 881. The number of carbonyl (C=O) groups is 2. The molecule has 154 valence electrons. The number of ether oxygens (including phenoxy) is 2. The fourth-order valence-corrected chi connectivity index (χ4v) is 3.44. The zero-order valence-corrected chi connectivity index (χ0v) is 17.5. The molecule has 0 unspecified atom stereocenters. The third kappa shape index (κ3) is 4.88. The number of carbonyl (C=O) groups excluding carboxylic acids is 2. The molecule has 0 N–H and O–H groups in total. The van der Waals surface area contributed by atoms with Gasteiger partial charge in [0, 0.05) is 48.6 Å². The van der Waals surface area contributed by atoms with Gasteiger partial charge in [-0.2, -0.15) is 0 Å². The number of nitrogens with zero attached hydrogens (tertiary/aromatic N) is 2. The summed E-state index contributed by atoms with van der Waals surface area (Å²) in [6.07, 6.45) is 0.571. The van der Waals surface area contributed by atoms with Crippen LogP contribution in [0.3, 0.4) is 0 Å². The summed E-state index contributed by atoms with van der Waals surface area (Å²) >= 11 is 0. The molecule has 0 aromatic heterocycles. The highest BCUT2D eigenvalue weighted by molar-refractivity contribution is 5.88. The number of hydrogen-bond acceptors (Lipinski definition) is 5. The first kappa shape index (κ1) is 20.7. The molecule has 0 spiro atoms. The minimum absolute atomic E-state index is 0.279. The van der Waals surface area contributed by atoms with Gasteiger partial charge in [-0.05, 0) is 45.0 Å². The first-order valence-corrected chi connectivity index (χ1v) is 9.78. The number of para-hydroxylation sites is 1. The molecule has 1 aliphatic rings. The van der Waals surface area contributed by atoms with Crippen molar-refractivity contribution >= 4 is 18.1 Å². The number of amides is 1. The Hall–Kier alpha value is -3.02. The third-order valence-corrected chi connectivity index (χ3v) is 4.83. The van der Waals surface area contributed by atoms with Crippen molar-refractivity contribution in [3.8, 4) is 16.9 Å². The van der Waals surface area contributed by atoms with E-state index in [1.54, 1.807) is 12.0 Å². The number of benzene rings is 2. The molecule has 1 fully saturated rings. The van der Waals surface area contributed by atoms with Crippen molar-refractivity contribution < 1.29 is 19.1 Å². The summed E-state index contributed by atoms with van der Waals surface area (Å²) in [5, 5.41) is 0. The van der Waals surface area contributed by atoms with E-state index in [0.29, 0.717) is 31.7 Å². The van der Waals surface area contributed by atoms with E-state index in [4.69, 9.17) is 9.47 Å². The molecule has 0 saturated carbocycles. The van der Waals surface area contributed by atoms with Gasteiger partial charge in [-0.1, -0.05) is 18.2 Å². The van der Waals surface area contributed by atoms with Gasteiger partial charge in [-0.15, -0.1) is 0 Å². The quantitative estimate of drug-likeness (QED) is 0.724. The second kappa shape index (κ2) is 8.55. The van der Waals surface area contributed by atoms with Crippen LogP contribution >= 0.6 is 0 Å². The highest BCUT2D eigenvalue weighted by atomic mass is 16.6. The second-order valence-electron chi connectivity index (χ2n) is 8.05. The number of aldehydes is 1. The highest BCUT2D eigenvalue weighted by Gasteiger charge is 2.27. The van der Waals surface area contributed by atoms with E-state index in [9.17, 15) is 9.59 Å². The minimum Gasteiger partial charge on any atom is -0.496 e. The van der Waals surface area contributed by atoms with Gasteiger partial charge in [0.2, 0.25) is 0 Å². The van der Waals surface area contributed by atoms with Gasteiger partial charge in [0.05, 0.1) is 7.11 Å². The van der Waals surface area contributed by atoms with Crippen LogP contribution < -0.4 is 9.64 Å². The molecule has 0 atom stereocenters. The molecule has 2 aromatic carbocycles. The summed E-state index contributed by atoms with van der Waals surface area (Å²) in [5.74, 6) is 0.754. The monoisotopic (exact) mass is 396 g/mol. The Balaban J connectivity index is 1.85. The maximum Gasteiger partial charge on any atom is 0.410 e. The summed E-state index contributed by atoms with van der Waals surface area (Å²) in [6.45, 7) is 8.13. The van der Waals surface area contributed by atoms with Crippen LogP contribution in [0, 0.1) is 0 Å². The van der Waals surface area contributed by atoms with Crippen LogP contribution in [0.15, 0.2) is 42.5 Å². The second-order valence-corrected chi connectivity index (χ2v) is 8.05. The van der Waals surface area contributed by atoms with E-state index in [0.717, 1.165) is 28.8 Å². The average molecular weight is 396 g/mol. The van der Waals surface area contributed by atoms with Crippen molar-refractivity contribution in [1.82, 2.24) is 4.90 Å². The summed E-state index contributed by atoms with van der Waals surface area (Å²) in [7, 11) is 1.64. The maximum atomic E-state index is 12.3. The average Bonchev–Trinajstić information content (AvgIpc) is 2.72. The Morgan fingerprint density at radius 1 is 1.00 bits per heavy atom. The number of hydrogen-bond donors (Lipinski definition) is 0. The number of rotatable bonds is 4. The van der Waals surface area contributed by atoms with Crippen LogP contribution in [-0.2, 0) is 4.74 Å². The maximum absolute atomic E-state index is 12.3. The van der Waals surface area contributed by atoms with E-state index in [1.807, 2.05) is 63.2 Å². The summed E-state index contributed by atoms with van der Waals surface area (Å²) in [4.78, 5) is 27.7. The molecule has 0 bridgehead atoms. The third-order valence-electron chi connectivity index (χ3n) is 4.83. The molecule has 3 rings (SSSR count). The summed E-state index contributed by atoms with van der Waals surface area (Å²) < 4.78 is 11.0. The molecule has 6 nitrogen and oxygen atoms in total. The fourth-order valence-electron chi connectivity index (χ4n) is 3.44. The Morgan fingerprint density at radius 3 is 2.31 bits per heavy atom. The molecular formula is C23H28N2O4. The molecule has 1 saturated heterocycles. The van der Waals surface area contributed by atoms with Crippen molar-refractivity contribution in [1.29, 1.82) is 0 Å². The summed E-state index contributed by atoms with van der Waals surface area (Å²) in [5.41, 5.74) is 3.00. The molecule has 2 aromatic rings. The lowest BCUT2D eigenvalue weighted by Crippen LogP contribution is -2.50. The van der Waals surface area contributed by atoms with Crippen LogP contribution in [-0.4, -0.2) is 56.2 Å². The Kier molecular flexibility index (Phi) is 6.11. The SMILES string of the molecule is COc1ccccc1-c1cc(C=O)ccc1N1CCN(C(=O)OC(C)(C)C)CC1. The van der Waals surface area contributed by atoms with Gasteiger partial charge >= 0.3 is 6.09 Å². The standard InChI is InChI=1S/C23H28N2O4/c1-23(2,3)29-22(27)25-13-11-24(12-14-25)20-10-9-17(16-26)15-19(20)18-7-5-6-8-21(18)28-4/h5-10,15-16H,11-14H2,1-4H3. The molecule has 0 radical (unpaired) electrons. The van der Waals surface area contributed by atoms with Crippen LogP contribution in [0.4, 0.5) is 10.5 Å². The minimum atomic E-state index is -0.504. The van der Waals surface area contributed by atoms with Crippen molar-refractivity contribution in [2.75, 3.05) is 38.2 Å².